The Bertz CT molecular complexity index is 829. The number of hydrogen-bond acceptors (Lipinski definition) is 4. The summed E-state index contributed by atoms with van der Waals surface area (Å²) in [4.78, 5) is 8.32. The summed E-state index contributed by atoms with van der Waals surface area (Å²) in [6.07, 6.45) is 5.08. The van der Waals surface area contributed by atoms with Crippen LogP contribution in [0.2, 0.25) is 5.02 Å². The third kappa shape index (κ3) is 3.16. The van der Waals surface area contributed by atoms with E-state index >= 15 is 0 Å². The van der Waals surface area contributed by atoms with Crippen LogP contribution in [-0.4, -0.2) is 24.6 Å². The van der Waals surface area contributed by atoms with Crippen LogP contribution in [-0.2, 0) is 0 Å². The zero-order valence-corrected chi connectivity index (χ0v) is 14.5. The Morgan fingerprint density at radius 2 is 1.83 bits per heavy atom. The van der Waals surface area contributed by atoms with E-state index in [1.54, 1.807) is 30.6 Å². The van der Waals surface area contributed by atoms with Crippen molar-refractivity contribution >= 4 is 46.0 Å². The summed E-state index contributed by atoms with van der Waals surface area (Å²) in [6, 6.07) is 9.13. The average Bonchev–Trinajstić information content (AvgIpc) is 3.04. The number of aromatic hydroxyl groups is 1. The Kier molecular flexibility index (Phi) is 4.50. The maximum absolute atomic E-state index is 10.3. The Hall–Kier alpha value is -2.11. The Labute approximate surface area is 146 Å². The highest BCUT2D eigenvalue weighted by atomic mass is 79.9. The number of phenolic OH excluding ortho intramolecular Hbond substituents is 1. The SMILES string of the molecule is COc1c(O)c(Br)cc(C=C2N=CC=N2)c1-c1ccc(Cl)cc1. The van der Waals surface area contributed by atoms with Crippen molar-refractivity contribution in [3.8, 4) is 22.6 Å². The highest BCUT2D eigenvalue weighted by molar-refractivity contribution is 9.10. The number of hydrogen-bond donors (Lipinski definition) is 1. The van der Waals surface area contributed by atoms with Crippen LogP contribution < -0.4 is 4.74 Å². The maximum Gasteiger partial charge on any atom is 0.172 e. The lowest BCUT2D eigenvalue weighted by atomic mass is 9.97. The summed E-state index contributed by atoms with van der Waals surface area (Å²) >= 11 is 9.32. The van der Waals surface area contributed by atoms with Gasteiger partial charge >= 0.3 is 0 Å². The number of ether oxygens (including phenoxy) is 1. The molecule has 0 saturated carbocycles. The molecule has 0 fully saturated rings. The van der Waals surface area contributed by atoms with E-state index in [0.29, 0.717) is 21.1 Å². The molecule has 0 aromatic heterocycles. The lowest BCUT2D eigenvalue weighted by Crippen LogP contribution is -1.93. The van der Waals surface area contributed by atoms with Crippen LogP contribution in [0.1, 0.15) is 5.56 Å². The lowest BCUT2D eigenvalue weighted by molar-refractivity contribution is 0.373. The van der Waals surface area contributed by atoms with E-state index in [1.807, 2.05) is 18.2 Å². The molecule has 1 heterocycles. The molecule has 0 amide bonds. The van der Waals surface area contributed by atoms with Gasteiger partial charge in [0.1, 0.15) is 0 Å². The molecule has 0 aliphatic carbocycles. The fourth-order valence-corrected chi connectivity index (χ4v) is 2.88. The van der Waals surface area contributed by atoms with E-state index in [4.69, 9.17) is 16.3 Å². The second-order valence-electron chi connectivity index (χ2n) is 4.77. The van der Waals surface area contributed by atoms with Crippen LogP contribution in [0, 0.1) is 0 Å². The van der Waals surface area contributed by atoms with Gasteiger partial charge in [-0.05, 0) is 51.3 Å². The van der Waals surface area contributed by atoms with Gasteiger partial charge in [0.2, 0.25) is 0 Å². The molecule has 1 aliphatic heterocycles. The first-order valence-corrected chi connectivity index (χ1v) is 7.91. The third-order valence-corrected chi connectivity index (χ3v) is 4.20. The predicted octanol–water partition coefficient (Wildman–Crippen LogP) is 4.94. The molecule has 0 radical (unpaired) electrons. The maximum atomic E-state index is 10.3. The third-order valence-electron chi connectivity index (χ3n) is 3.34. The van der Waals surface area contributed by atoms with Gasteiger partial charge in [0.05, 0.1) is 11.6 Å². The van der Waals surface area contributed by atoms with Gasteiger partial charge < -0.3 is 9.84 Å². The number of halogens is 2. The van der Waals surface area contributed by atoms with E-state index < -0.39 is 0 Å². The zero-order chi connectivity index (χ0) is 16.4. The first-order chi connectivity index (χ1) is 11.1. The molecule has 1 aliphatic rings. The molecule has 3 rings (SSSR count). The highest BCUT2D eigenvalue weighted by Gasteiger charge is 2.18. The van der Waals surface area contributed by atoms with Crippen molar-refractivity contribution in [2.75, 3.05) is 7.11 Å². The molecule has 1 N–H and O–H groups in total. The van der Waals surface area contributed by atoms with Crippen molar-refractivity contribution in [3.05, 3.63) is 51.2 Å². The Morgan fingerprint density at radius 3 is 2.43 bits per heavy atom. The minimum absolute atomic E-state index is 0.0398. The molecular formula is C17H12BrClN2O2. The Morgan fingerprint density at radius 1 is 1.17 bits per heavy atom. The van der Waals surface area contributed by atoms with Crippen molar-refractivity contribution in [1.82, 2.24) is 0 Å². The highest BCUT2D eigenvalue weighted by Crippen LogP contribution is 2.45. The second-order valence-corrected chi connectivity index (χ2v) is 6.06. The fourth-order valence-electron chi connectivity index (χ4n) is 2.33. The van der Waals surface area contributed by atoms with Gasteiger partial charge in [0.25, 0.3) is 0 Å². The van der Waals surface area contributed by atoms with Crippen LogP contribution in [0.5, 0.6) is 11.5 Å². The van der Waals surface area contributed by atoms with Gasteiger partial charge in [-0.15, -0.1) is 0 Å². The molecule has 0 bridgehead atoms. The standard InChI is InChI=1S/C17H12BrClN2O2/c1-23-17-15(10-2-4-12(19)5-3-10)11(8-13(18)16(17)22)9-14-20-6-7-21-14/h2-9,22H,1H3. The summed E-state index contributed by atoms with van der Waals surface area (Å²) in [7, 11) is 1.52. The minimum Gasteiger partial charge on any atom is -0.503 e. The normalized spacial score (nSPS) is 12.7. The van der Waals surface area contributed by atoms with E-state index in [1.165, 1.54) is 7.11 Å². The van der Waals surface area contributed by atoms with Gasteiger partial charge in [0.15, 0.2) is 17.3 Å². The number of nitrogens with zero attached hydrogens (tertiary/aromatic N) is 2. The van der Waals surface area contributed by atoms with Crippen molar-refractivity contribution in [3.63, 3.8) is 0 Å². The predicted molar refractivity (Wildman–Crippen MR) is 97.8 cm³/mol. The number of benzene rings is 2. The number of aliphatic imine (C=N–C) groups is 2. The second kappa shape index (κ2) is 6.56. The summed E-state index contributed by atoms with van der Waals surface area (Å²) in [6.45, 7) is 0. The molecule has 6 heteroatoms. The van der Waals surface area contributed by atoms with Gasteiger partial charge in [-0.1, -0.05) is 23.7 Å². The molecule has 116 valence electrons. The fraction of sp³-hybridized carbons (Fsp3) is 0.0588. The van der Waals surface area contributed by atoms with Crippen LogP contribution >= 0.6 is 27.5 Å². The van der Waals surface area contributed by atoms with Gasteiger partial charge in [0, 0.05) is 23.0 Å². The van der Waals surface area contributed by atoms with Crippen LogP contribution in [0.4, 0.5) is 0 Å². The van der Waals surface area contributed by atoms with Gasteiger partial charge in [-0.2, -0.15) is 0 Å². The Balaban J connectivity index is 2.27. The first kappa shape index (κ1) is 15.8. The number of phenols is 1. The summed E-state index contributed by atoms with van der Waals surface area (Å²) in [5.41, 5.74) is 2.43. The summed E-state index contributed by atoms with van der Waals surface area (Å²) < 4.78 is 5.96. The summed E-state index contributed by atoms with van der Waals surface area (Å²) in [5.74, 6) is 0.998. The molecule has 0 spiro atoms. The van der Waals surface area contributed by atoms with E-state index in [-0.39, 0.29) is 5.75 Å². The molecule has 0 saturated heterocycles. The molecule has 23 heavy (non-hydrogen) atoms. The van der Waals surface area contributed by atoms with Gasteiger partial charge in [-0.3, -0.25) is 0 Å². The monoisotopic (exact) mass is 390 g/mol. The van der Waals surface area contributed by atoms with Crippen LogP contribution in [0.3, 0.4) is 0 Å². The number of rotatable bonds is 3. The van der Waals surface area contributed by atoms with Crippen LogP contribution in [0.15, 0.2) is 50.6 Å². The smallest absolute Gasteiger partial charge is 0.172 e. The van der Waals surface area contributed by atoms with E-state index in [2.05, 4.69) is 25.9 Å². The molecule has 0 atom stereocenters. The van der Waals surface area contributed by atoms with Crippen molar-refractivity contribution < 1.29 is 9.84 Å². The average molecular weight is 392 g/mol. The van der Waals surface area contributed by atoms with Crippen LogP contribution in [0.25, 0.3) is 17.2 Å². The van der Waals surface area contributed by atoms with Gasteiger partial charge in [-0.25, -0.2) is 9.98 Å². The quantitative estimate of drug-likeness (QED) is 0.806. The summed E-state index contributed by atoms with van der Waals surface area (Å²) in [5, 5.41) is 10.9. The molecular weight excluding hydrogens is 380 g/mol. The lowest BCUT2D eigenvalue weighted by Gasteiger charge is -2.15. The molecule has 2 aromatic rings. The minimum atomic E-state index is 0.0398. The molecule has 0 unspecified atom stereocenters. The largest absolute Gasteiger partial charge is 0.503 e. The first-order valence-electron chi connectivity index (χ1n) is 6.74. The van der Waals surface area contributed by atoms with Crippen molar-refractivity contribution in [2.45, 2.75) is 0 Å². The van der Waals surface area contributed by atoms with Crippen molar-refractivity contribution in [2.24, 2.45) is 9.98 Å². The van der Waals surface area contributed by atoms with Crippen molar-refractivity contribution in [1.29, 1.82) is 0 Å². The molecule has 2 aromatic carbocycles. The van der Waals surface area contributed by atoms with E-state index in [0.717, 1.165) is 16.7 Å². The zero-order valence-electron chi connectivity index (χ0n) is 12.1. The molecule has 4 nitrogen and oxygen atoms in total. The number of methoxy groups -OCH3 is 1. The topological polar surface area (TPSA) is 54.2 Å². The van der Waals surface area contributed by atoms with E-state index in [9.17, 15) is 5.11 Å².